The van der Waals surface area contributed by atoms with Crippen molar-refractivity contribution in [2.45, 2.75) is 19.4 Å². The molecule has 1 heterocycles. The Hall–Kier alpha value is -1.53. The Bertz CT molecular complexity index is 448. The van der Waals surface area contributed by atoms with Crippen LogP contribution < -0.4 is 5.32 Å². The molecule has 5 nitrogen and oxygen atoms in total. The van der Waals surface area contributed by atoms with Gasteiger partial charge in [0, 0.05) is 12.7 Å². The Balaban J connectivity index is 1.91. The molecule has 0 radical (unpaired) electrons. The summed E-state index contributed by atoms with van der Waals surface area (Å²) in [5, 5.41) is 14.1. The number of rotatable bonds is 5. The van der Waals surface area contributed by atoms with Gasteiger partial charge in [0.25, 0.3) is 5.69 Å². The van der Waals surface area contributed by atoms with Crippen molar-refractivity contribution in [3.8, 4) is 0 Å². The maximum Gasteiger partial charge on any atom is 0.275 e. The van der Waals surface area contributed by atoms with Crippen molar-refractivity contribution in [3.05, 3.63) is 39.7 Å². The summed E-state index contributed by atoms with van der Waals surface area (Å²) in [5.41, 5.74) is 0.200. The van der Waals surface area contributed by atoms with Gasteiger partial charge in [-0.2, -0.15) is 0 Å². The Morgan fingerprint density at radius 3 is 2.84 bits per heavy atom. The fourth-order valence-electron chi connectivity index (χ4n) is 2.23. The molecule has 0 saturated carbocycles. The van der Waals surface area contributed by atoms with Gasteiger partial charge in [-0.1, -0.05) is 0 Å². The number of nitrogens with zero attached hydrogens (tertiary/aromatic N) is 1. The smallest absolute Gasteiger partial charge is 0.275 e. The summed E-state index contributed by atoms with van der Waals surface area (Å²) >= 11 is 0. The van der Waals surface area contributed by atoms with Crippen molar-refractivity contribution in [1.82, 2.24) is 5.32 Å². The first-order valence-electron chi connectivity index (χ1n) is 6.38. The number of nitrogens with one attached hydrogen (secondary N) is 1. The monoisotopic (exact) mass is 268 g/mol. The molecule has 1 aromatic rings. The highest BCUT2D eigenvalue weighted by Crippen LogP contribution is 2.21. The lowest BCUT2D eigenvalue weighted by Crippen LogP contribution is -2.29. The standard InChI is InChI=1S/C13H17FN2O3/c14-12-1-2-13(16(17)18)11(7-12)9-19-8-10-3-5-15-6-4-10/h1-2,7,10,15H,3-6,8-9H2. The van der Waals surface area contributed by atoms with Gasteiger partial charge in [0.2, 0.25) is 0 Å². The SMILES string of the molecule is O=[N+]([O-])c1ccc(F)cc1COCC1CCNCC1. The molecule has 1 aromatic carbocycles. The molecular formula is C13H17FN2O3. The molecule has 0 amide bonds. The molecule has 19 heavy (non-hydrogen) atoms. The molecule has 0 unspecified atom stereocenters. The van der Waals surface area contributed by atoms with Gasteiger partial charge in [-0.3, -0.25) is 10.1 Å². The van der Waals surface area contributed by atoms with E-state index in [1.54, 1.807) is 0 Å². The van der Waals surface area contributed by atoms with Crippen LogP contribution in [0.4, 0.5) is 10.1 Å². The molecule has 1 aliphatic heterocycles. The Morgan fingerprint density at radius 1 is 1.42 bits per heavy atom. The molecule has 0 spiro atoms. The van der Waals surface area contributed by atoms with E-state index < -0.39 is 10.7 Å². The van der Waals surface area contributed by atoms with Crippen molar-refractivity contribution >= 4 is 5.69 Å². The van der Waals surface area contributed by atoms with Crippen molar-refractivity contribution in [2.75, 3.05) is 19.7 Å². The number of halogens is 1. The largest absolute Gasteiger partial charge is 0.376 e. The Morgan fingerprint density at radius 2 is 2.16 bits per heavy atom. The normalized spacial score (nSPS) is 16.5. The van der Waals surface area contributed by atoms with Crippen LogP contribution in [0.1, 0.15) is 18.4 Å². The first-order chi connectivity index (χ1) is 9.16. The minimum absolute atomic E-state index is 0.0814. The fraction of sp³-hybridized carbons (Fsp3) is 0.538. The molecule has 1 saturated heterocycles. The Labute approximate surface area is 110 Å². The van der Waals surface area contributed by atoms with E-state index in [1.165, 1.54) is 12.1 Å². The van der Waals surface area contributed by atoms with E-state index in [4.69, 9.17) is 4.74 Å². The number of piperidine rings is 1. The summed E-state index contributed by atoms with van der Waals surface area (Å²) in [4.78, 5) is 10.3. The van der Waals surface area contributed by atoms with Crippen molar-refractivity contribution in [2.24, 2.45) is 5.92 Å². The van der Waals surface area contributed by atoms with E-state index in [9.17, 15) is 14.5 Å². The van der Waals surface area contributed by atoms with Crippen LogP contribution in [0.5, 0.6) is 0 Å². The molecule has 6 heteroatoms. The second-order valence-corrected chi connectivity index (χ2v) is 4.74. The van der Waals surface area contributed by atoms with Crippen molar-refractivity contribution < 1.29 is 14.1 Å². The molecule has 0 aliphatic carbocycles. The highest BCUT2D eigenvalue weighted by atomic mass is 19.1. The first kappa shape index (κ1) is 13.9. The van der Waals surface area contributed by atoms with Crippen LogP contribution in [-0.2, 0) is 11.3 Å². The third kappa shape index (κ3) is 3.97. The van der Waals surface area contributed by atoms with E-state index in [0.717, 1.165) is 32.0 Å². The number of nitro benzene ring substituents is 1. The van der Waals surface area contributed by atoms with Crippen LogP contribution in [0.15, 0.2) is 18.2 Å². The van der Waals surface area contributed by atoms with E-state index >= 15 is 0 Å². The van der Waals surface area contributed by atoms with Gasteiger partial charge in [0.1, 0.15) is 5.82 Å². The summed E-state index contributed by atoms with van der Waals surface area (Å²) in [6.45, 7) is 2.61. The van der Waals surface area contributed by atoms with E-state index in [2.05, 4.69) is 5.32 Å². The third-order valence-electron chi connectivity index (χ3n) is 3.31. The minimum atomic E-state index is -0.511. The molecule has 1 N–H and O–H groups in total. The molecule has 0 bridgehead atoms. The maximum atomic E-state index is 13.1. The average molecular weight is 268 g/mol. The zero-order chi connectivity index (χ0) is 13.7. The van der Waals surface area contributed by atoms with E-state index in [1.807, 2.05) is 0 Å². The van der Waals surface area contributed by atoms with Gasteiger partial charge in [-0.15, -0.1) is 0 Å². The van der Waals surface area contributed by atoms with Crippen LogP contribution in [0.25, 0.3) is 0 Å². The summed E-state index contributed by atoms with van der Waals surface area (Å²) < 4.78 is 18.6. The number of hydrogen-bond acceptors (Lipinski definition) is 4. The second kappa shape index (κ2) is 6.58. The fourth-order valence-corrected chi connectivity index (χ4v) is 2.23. The van der Waals surface area contributed by atoms with Gasteiger partial charge in [0.15, 0.2) is 0 Å². The van der Waals surface area contributed by atoms with Crippen molar-refractivity contribution in [3.63, 3.8) is 0 Å². The molecule has 1 fully saturated rings. The summed E-state index contributed by atoms with van der Waals surface area (Å²) in [6.07, 6.45) is 2.09. The highest BCUT2D eigenvalue weighted by molar-refractivity contribution is 5.39. The number of ether oxygens (including phenoxy) is 1. The van der Waals surface area contributed by atoms with Crippen LogP contribution in [0.2, 0.25) is 0 Å². The summed E-state index contributed by atoms with van der Waals surface area (Å²) in [7, 11) is 0. The molecule has 104 valence electrons. The molecule has 0 atom stereocenters. The van der Waals surface area contributed by atoms with Crippen LogP contribution in [0, 0.1) is 21.8 Å². The number of hydrogen-bond donors (Lipinski definition) is 1. The zero-order valence-electron chi connectivity index (χ0n) is 10.6. The topological polar surface area (TPSA) is 64.4 Å². The lowest BCUT2D eigenvalue weighted by atomic mass is 9.99. The number of benzene rings is 1. The summed E-state index contributed by atoms with van der Waals surface area (Å²) in [5.74, 6) is -0.0000633. The van der Waals surface area contributed by atoms with Crippen molar-refractivity contribution in [1.29, 1.82) is 0 Å². The molecule has 1 aliphatic rings. The highest BCUT2D eigenvalue weighted by Gasteiger charge is 2.16. The maximum absolute atomic E-state index is 13.1. The van der Waals surface area contributed by atoms with Gasteiger partial charge >= 0.3 is 0 Å². The van der Waals surface area contributed by atoms with Gasteiger partial charge < -0.3 is 10.1 Å². The van der Waals surface area contributed by atoms with Gasteiger partial charge in [-0.05, 0) is 44.0 Å². The van der Waals surface area contributed by atoms with Gasteiger partial charge in [-0.25, -0.2) is 4.39 Å². The average Bonchev–Trinajstić information content (AvgIpc) is 2.39. The van der Waals surface area contributed by atoms with E-state index in [-0.39, 0.29) is 12.3 Å². The zero-order valence-corrected chi connectivity index (χ0v) is 10.6. The van der Waals surface area contributed by atoms with Gasteiger partial charge in [0.05, 0.1) is 17.1 Å². The van der Waals surface area contributed by atoms with Crippen LogP contribution in [-0.4, -0.2) is 24.6 Å². The first-order valence-corrected chi connectivity index (χ1v) is 6.38. The predicted octanol–water partition coefficient (Wildman–Crippen LogP) is 2.25. The summed E-state index contributed by atoms with van der Waals surface area (Å²) in [6, 6.07) is 3.44. The van der Waals surface area contributed by atoms with Crippen LogP contribution in [0.3, 0.4) is 0 Å². The quantitative estimate of drug-likeness (QED) is 0.657. The third-order valence-corrected chi connectivity index (χ3v) is 3.31. The second-order valence-electron chi connectivity index (χ2n) is 4.74. The lowest BCUT2D eigenvalue weighted by Gasteiger charge is -2.22. The van der Waals surface area contributed by atoms with Crippen LogP contribution >= 0.6 is 0 Å². The molecular weight excluding hydrogens is 251 g/mol. The lowest BCUT2D eigenvalue weighted by molar-refractivity contribution is -0.386. The number of nitro groups is 1. The van der Waals surface area contributed by atoms with E-state index in [0.29, 0.717) is 18.1 Å². The molecule has 2 rings (SSSR count). The molecule has 0 aromatic heterocycles. The minimum Gasteiger partial charge on any atom is -0.376 e. The predicted molar refractivity (Wildman–Crippen MR) is 68.3 cm³/mol. The Kier molecular flexibility index (Phi) is 4.81.